The predicted octanol–water partition coefficient (Wildman–Crippen LogP) is 4.61. The summed E-state index contributed by atoms with van der Waals surface area (Å²) in [7, 11) is 0. The van der Waals surface area contributed by atoms with Crippen LogP contribution in [0.25, 0.3) is 16.7 Å². The fourth-order valence-corrected chi connectivity index (χ4v) is 4.88. The number of rotatable bonds is 6. The van der Waals surface area contributed by atoms with Crippen molar-refractivity contribution in [2.24, 2.45) is 0 Å². The van der Waals surface area contributed by atoms with Gasteiger partial charge >= 0.3 is 0 Å². The highest BCUT2D eigenvalue weighted by atomic mass is 32.2. The number of fused-ring (bicyclic) bond motifs is 1. The molecule has 0 fully saturated rings. The fourth-order valence-electron chi connectivity index (χ4n) is 3.24. The molecule has 160 valence electrons. The Bertz CT molecular complexity index is 1460. The maximum atomic E-state index is 12.5. The van der Waals surface area contributed by atoms with Gasteiger partial charge in [0.05, 0.1) is 17.6 Å². The van der Waals surface area contributed by atoms with E-state index in [1.165, 1.54) is 34.2 Å². The lowest BCUT2D eigenvalue weighted by Crippen LogP contribution is -2.11. The maximum Gasteiger partial charge on any atom is 0.262 e. The van der Waals surface area contributed by atoms with Gasteiger partial charge in [-0.15, -0.1) is 10.2 Å². The van der Waals surface area contributed by atoms with Crippen molar-refractivity contribution in [3.8, 4) is 5.69 Å². The van der Waals surface area contributed by atoms with E-state index in [0.29, 0.717) is 22.6 Å². The Kier molecular flexibility index (Phi) is 5.46. The number of thioether (sulfide) groups is 1. The first kappa shape index (κ1) is 20.4. The van der Waals surface area contributed by atoms with Crippen LogP contribution in [0.1, 0.15) is 17.0 Å². The zero-order chi connectivity index (χ0) is 22.1. The Hall–Kier alpha value is -3.50. The summed E-state index contributed by atoms with van der Waals surface area (Å²) in [6, 6.07) is 15.7. The fraction of sp³-hybridized carbons (Fsp3) is 0.136. The molecule has 3 aromatic heterocycles. The van der Waals surface area contributed by atoms with Gasteiger partial charge in [0.1, 0.15) is 11.2 Å². The second kappa shape index (κ2) is 8.56. The van der Waals surface area contributed by atoms with E-state index < -0.39 is 0 Å². The van der Waals surface area contributed by atoms with E-state index in [1.807, 2.05) is 42.5 Å². The lowest BCUT2D eigenvalue weighted by molar-refractivity contribution is 0.886. The van der Waals surface area contributed by atoms with E-state index in [9.17, 15) is 4.79 Å². The number of H-pyrrole nitrogens is 1. The Balaban J connectivity index is 1.35. The molecule has 0 amide bonds. The minimum atomic E-state index is -0.206. The van der Waals surface area contributed by atoms with Gasteiger partial charge in [0.25, 0.3) is 5.56 Å². The Morgan fingerprint density at radius 2 is 1.94 bits per heavy atom. The standard InChI is InChI=1S/C22H19N7OS2/c1-13-7-6-10-17(14(13)2)24-21-27-28-22(32-21)31-12-18-25-19-16(20(30)26-18)11-23-29(19)15-8-4-3-5-9-15/h3-11H,12H2,1-2H3,(H,24,27)(H,25,26,30). The molecule has 0 unspecified atom stereocenters. The van der Waals surface area contributed by atoms with Gasteiger partial charge in [-0.3, -0.25) is 4.79 Å². The topological polar surface area (TPSA) is 101 Å². The van der Waals surface area contributed by atoms with Gasteiger partial charge in [-0.05, 0) is 43.2 Å². The predicted molar refractivity (Wildman–Crippen MR) is 128 cm³/mol. The van der Waals surface area contributed by atoms with Crippen LogP contribution in [0, 0.1) is 13.8 Å². The number of para-hydroxylation sites is 1. The lowest BCUT2D eigenvalue weighted by Gasteiger charge is -2.08. The molecule has 5 aromatic rings. The van der Waals surface area contributed by atoms with Crippen LogP contribution in [0.5, 0.6) is 0 Å². The summed E-state index contributed by atoms with van der Waals surface area (Å²) in [5.41, 5.74) is 4.59. The van der Waals surface area contributed by atoms with Gasteiger partial charge in [0.15, 0.2) is 9.99 Å². The van der Waals surface area contributed by atoms with Crippen LogP contribution in [-0.2, 0) is 5.75 Å². The summed E-state index contributed by atoms with van der Waals surface area (Å²) in [6.45, 7) is 4.16. The Labute approximate surface area is 191 Å². The van der Waals surface area contributed by atoms with Crippen molar-refractivity contribution in [3.63, 3.8) is 0 Å². The molecule has 0 aliphatic heterocycles. The monoisotopic (exact) mass is 461 g/mol. The molecule has 0 atom stereocenters. The third-order valence-corrected chi connectivity index (χ3v) is 7.06. The van der Waals surface area contributed by atoms with Crippen molar-refractivity contribution in [3.05, 3.63) is 82.0 Å². The first-order valence-corrected chi connectivity index (χ1v) is 11.7. The number of hydrogen-bond acceptors (Lipinski definition) is 8. The third kappa shape index (κ3) is 4.02. The summed E-state index contributed by atoms with van der Waals surface area (Å²) in [6.07, 6.45) is 1.54. The van der Waals surface area contributed by atoms with E-state index >= 15 is 0 Å². The van der Waals surface area contributed by atoms with E-state index in [4.69, 9.17) is 0 Å². The van der Waals surface area contributed by atoms with E-state index in [-0.39, 0.29) is 5.56 Å². The molecule has 2 N–H and O–H groups in total. The molecule has 32 heavy (non-hydrogen) atoms. The molecule has 0 aliphatic carbocycles. The summed E-state index contributed by atoms with van der Waals surface area (Å²) in [5, 5.41) is 17.3. The summed E-state index contributed by atoms with van der Waals surface area (Å²) in [4.78, 5) is 20.0. The van der Waals surface area contributed by atoms with E-state index in [1.54, 1.807) is 10.9 Å². The number of anilines is 2. The molecule has 0 radical (unpaired) electrons. The van der Waals surface area contributed by atoms with Crippen LogP contribution >= 0.6 is 23.1 Å². The van der Waals surface area contributed by atoms with Crippen molar-refractivity contribution in [2.45, 2.75) is 23.9 Å². The normalized spacial score (nSPS) is 11.2. The minimum Gasteiger partial charge on any atom is -0.330 e. The van der Waals surface area contributed by atoms with Crippen LogP contribution in [-0.4, -0.2) is 29.9 Å². The Morgan fingerprint density at radius 1 is 1.09 bits per heavy atom. The van der Waals surface area contributed by atoms with Crippen molar-refractivity contribution in [2.75, 3.05) is 5.32 Å². The number of benzene rings is 2. The highest BCUT2D eigenvalue weighted by Crippen LogP contribution is 2.30. The molecule has 0 aliphatic rings. The molecule has 10 heteroatoms. The number of aryl methyl sites for hydroxylation is 1. The van der Waals surface area contributed by atoms with E-state index in [2.05, 4.69) is 50.5 Å². The summed E-state index contributed by atoms with van der Waals surface area (Å²) in [5.74, 6) is 1.02. The van der Waals surface area contributed by atoms with Gasteiger partial charge < -0.3 is 10.3 Å². The molecular weight excluding hydrogens is 442 g/mol. The molecule has 0 spiro atoms. The van der Waals surface area contributed by atoms with Gasteiger partial charge in [0, 0.05) is 5.69 Å². The molecule has 0 saturated heterocycles. The number of aromatic amines is 1. The molecule has 8 nitrogen and oxygen atoms in total. The first-order chi connectivity index (χ1) is 15.6. The quantitative estimate of drug-likeness (QED) is 0.356. The number of aromatic nitrogens is 6. The maximum absolute atomic E-state index is 12.5. The van der Waals surface area contributed by atoms with Crippen LogP contribution in [0.3, 0.4) is 0 Å². The Morgan fingerprint density at radius 3 is 2.78 bits per heavy atom. The van der Waals surface area contributed by atoms with Crippen LogP contribution in [0.15, 0.2) is 63.9 Å². The largest absolute Gasteiger partial charge is 0.330 e. The van der Waals surface area contributed by atoms with E-state index in [0.717, 1.165) is 20.8 Å². The van der Waals surface area contributed by atoms with Crippen LogP contribution in [0.4, 0.5) is 10.8 Å². The highest BCUT2D eigenvalue weighted by Gasteiger charge is 2.13. The average Bonchev–Trinajstić information content (AvgIpc) is 3.43. The highest BCUT2D eigenvalue weighted by molar-refractivity contribution is 8.00. The number of nitrogens with one attached hydrogen (secondary N) is 2. The van der Waals surface area contributed by atoms with Gasteiger partial charge in [-0.25, -0.2) is 9.67 Å². The average molecular weight is 462 g/mol. The number of nitrogens with zero attached hydrogens (tertiary/aromatic N) is 5. The van der Waals surface area contributed by atoms with Crippen molar-refractivity contribution in [1.82, 2.24) is 29.9 Å². The first-order valence-electron chi connectivity index (χ1n) is 9.90. The molecule has 2 aromatic carbocycles. The molecular formula is C22H19N7OS2. The SMILES string of the molecule is Cc1cccc(Nc2nnc(SCc3nc4c(cnn4-c4ccccc4)c(=O)[nH]3)s2)c1C. The molecule has 0 saturated carbocycles. The second-order valence-electron chi connectivity index (χ2n) is 7.18. The molecule has 5 rings (SSSR count). The van der Waals surface area contributed by atoms with Gasteiger partial charge in [-0.2, -0.15) is 5.10 Å². The lowest BCUT2D eigenvalue weighted by atomic mass is 10.1. The molecule has 0 bridgehead atoms. The van der Waals surface area contributed by atoms with Crippen molar-refractivity contribution >= 4 is 45.0 Å². The zero-order valence-electron chi connectivity index (χ0n) is 17.4. The smallest absolute Gasteiger partial charge is 0.262 e. The summed E-state index contributed by atoms with van der Waals surface area (Å²) < 4.78 is 2.47. The summed E-state index contributed by atoms with van der Waals surface area (Å²) >= 11 is 2.94. The zero-order valence-corrected chi connectivity index (χ0v) is 19.0. The minimum absolute atomic E-state index is 0.206. The van der Waals surface area contributed by atoms with Gasteiger partial charge in [0.2, 0.25) is 5.13 Å². The van der Waals surface area contributed by atoms with Crippen LogP contribution in [0.2, 0.25) is 0 Å². The van der Waals surface area contributed by atoms with Crippen molar-refractivity contribution in [1.29, 1.82) is 0 Å². The third-order valence-electron chi connectivity index (χ3n) is 5.07. The van der Waals surface area contributed by atoms with Crippen LogP contribution < -0.4 is 10.9 Å². The van der Waals surface area contributed by atoms with Crippen molar-refractivity contribution < 1.29 is 0 Å². The van der Waals surface area contributed by atoms with Gasteiger partial charge in [-0.1, -0.05) is 53.4 Å². The second-order valence-corrected chi connectivity index (χ2v) is 9.38. The number of hydrogen-bond donors (Lipinski definition) is 2. The molecule has 3 heterocycles.